The number of rotatable bonds is 6. The molecule has 0 bridgehead atoms. The molecule has 0 unspecified atom stereocenters. The number of aromatic nitrogens is 2. The maximum Gasteiger partial charge on any atom is 0.215 e. The van der Waals surface area contributed by atoms with Crippen molar-refractivity contribution in [1.29, 1.82) is 0 Å². The molecule has 1 aromatic carbocycles. The van der Waals surface area contributed by atoms with E-state index in [-0.39, 0.29) is 5.75 Å². The second-order valence-corrected chi connectivity index (χ2v) is 6.36. The highest BCUT2D eigenvalue weighted by molar-refractivity contribution is 7.88. The van der Waals surface area contributed by atoms with Crippen LogP contribution < -0.4 is 10.5 Å². The van der Waals surface area contributed by atoms with Gasteiger partial charge in [-0.1, -0.05) is 18.2 Å². The summed E-state index contributed by atoms with van der Waals surface area (Å²) < 4.78 is 28.3. The van der Waals surface area contributed by atoms with Crippen molar-refractivity contribution < 1.29 is 8.42 Å². The molecule has 0 aliphatic rings. The number of nitrogens with two attached hydrogens (primary N) is 1. The summed E-state index contributed by atoms with van der Waals surface area (Å²) in [5.41, 5.74) is 7.83. The van der Waals surface area contributed by atoms with Crippen molar-refractivity contribution in [3.63, 3.8) is 0 Å². The monoisotopic (exact) mass is 294 g/mol. The number of hydrogen-bond donors (Lipinski definition) is 2. The number of anilines is 1. The fourth-order valence-electron chi connectivity index (χ4n) is 1.90. The summed E-state index contributed by atoms with van der Waals surface area (Å²) >= 11 is 0. The highest BCUT2D eigenvalue weighted by Gasteiger charge is 2.13. The molecule has 3 N–H and O–H groups in total. The van der Waals surface area contributed by atoms with Crippen LogP contribution in [0.4, 0.5) is 5.69 Å². The van der Waals surface area contributed by atoms with Gasteiger partial charge in [-0.25, -0.2) is 13.1 Å². The van der Waals surface area contributed by atoms with E-state index in [1.54, 1.807) is 35.1 Å². The van der Waals surface area contributed by atoms with Crippen LogP contribution in [0.25, 0.3) is 0 Å². The first kappa shape index (κ1) is 14.5. The summed E-state index contributed by atoms with van der Waals surface area (Å²) in [5.74, 6) is -0.106. The van der Waals surface area contributed by atoms with Crippen LogP contribution in [0.1, 0.15) is 11.3 Å². The molecule has 0 radical (unpaired) electrons. The molecular formula is C13H18N4O2S. The fourth-order valence-corrected chi connectivity index (χ4v) is 3.09. The van der Waals surface area contributed by atoms with Gasteiger partial charge in [-0.15, -0.1) is 0 Å². The second kappa shape index (κ2) is 6.06. The average molecular weight is 294 g/mol. The van der Waals surface area contributed by atoms with E-state index in [9.17, 15) is 8.42 Å². The molecular weight excluding hydrogens is 276 g/mol. The SMILES string of the molecule is Cn1nccc1CCNS(=O)(=O)Cc1ccccc1N. The van der Waals surface area contributed by atoms with E-state index in [1.165, 1.54) is 0 Å². The summed E-state index contributed by atoms with van der Waals surface area (Å²) in [6, 6.07) is 8.83. The third kappa shape index (κ3) is 3.82. The van der Waals surface area contributed by atoms with Crippen molar-refractivity contribution in [2.75, 3.05) is 12.3 Å². The van der Waals surface area contributed by atoms with Gasteiger partial charge in [-0.05, 0) is 17.7 Å². The smallest absolute Gasteiger partial charge is 0.215 e. The summed E-state index contributed by atoms with van der Waals surface area (Å²) in [5, 5.41) is 4.03. The zero-order chi connectivity index (χ0) is 14.6. The maximum atomic E-state index is 12.0. The summed E-state index contributed by atoms with van der Waals surface area (Å²) in [6.45, 7) is 0.342. The first-order chi connectivity index (χ1) is 9.48. The number of hydrogen-bond acceptors (Lipinski definition) is 4. The van der Waals surface area contributed by atoms with Crippen molar-refractivity contribution in [3.05, 3.63) is 47.8 Å². The molecule has 1 heterocycles. The Morgan fingerprint density at radius 2 is 2.05 bits per heavy atom. The number of benzene rings is 1. The molecule has 6 nitrogen and oxygen atoms in total. The molecule has 0 saturated carbocycles. The third-order valence-electron chi connectivity index (χ3n) is 3.03. The first-order valence-corrected chi connectivity index (χ1v) is 7.91. The Kier molecular flexibility index (Phi) is 4.41. The lowest BCUT2D eigenvalue weighted by Crippen LogP contribution is -2.28. The van der Waals surface area contributed by atoms with Crippen molar-refractivity contribution in [2.45, 2.75) is 12.2 Å². The van der Waals surface area contributed by atoms with Crippen molar-refractivity contribution in [2.24, 2.45) is 7.05 Å². The van der Waals surface area contributed by atoms with Gasteiger partial charge in [0, 0.05) is 37.6 Å². The van der Waals surface area contributed by atoms with Crippen molar-refractivity contribution >= 4 is 15.7 Å². The molecule has 0 aliphatic heterocycles. The van der Waals surface area contributed by atoms with Crippen molar-refractivity contribution in [3.8, 4) is 0 Å². The summed E-state index contributed by atoms with van der Waals surface area (Å²) in [4.78, 5) is 0. The van der Waals surface area contributed by atoms with Gasteiger partial charge in [0.15, 0.2) is 0 Å². The van der Waals surface area contributed by atoms with Crippen LogP contribution in [-0.4, -0.2) is 24.7 Å². The minimum absolute atomic E-state index is 0.106. The van der Waals surface area contributed by atoms with Gasteiger partial charge in [-0.2, -0.15) is 5.10 Å². The lowest BCUT2D eigenvalue weighted by atomic mass is 10.2. The van der Waals surface area contributed by atoms with E-state index in [4.69, 9.17) is 5.73 Å². The topological polar surface area (TPSA) is 90.0 Å². The number of nitrogens with zero attached hydrogens (tertiary/aromatic N) is 2. The summed E-state index contributed by atoms with van der Waals surface area (Å²) in [6.07, 6.45) is 2.29. The van der Waals surface area contributed by atoms with Crippen LogP contribution >= 0.6 is 0 Å². The normalized spacial score (nSPS) is 11.7. The van der Waals surface area contributed by atoms with Gasteiger partial charge >= 0.3 is 0 Å². The lowest BCUT2D eigenvalue weighted by Gasteiger charge is -2.08. The molecule has 0 fully saturated rings. The highest BCUT2D eigenvalue weighted by Crippen LogP contribution is 2.13. The minimum Gasteiger partial charge on any atom is -0.398 e. The molecule has 0 spiro atoms. The molecule has 2 aromatic rings. The van der Waals surface area contributed by atoms with Crippen LogP contribution in [0.2, 0.25) is 0 Å². The Morgan fingerprint density at radius 1 is 1.30 bits per heavy atom. The van der Waals surface area contributed by atoms with E-state index in [0.29, 0.717) is 24.2 Å². The number of aryl methyl sites for hydroxylation is 1. The van der Waals surface area contributed by atoms with Crippen LogP contribution in [0.5, 0.6) is 0 Å². The van der Waals surface area contributed by atoms with E-state index in [1.807, 2.05) is 13.1 Å². The van der Waals surface area contributed by atoms with Crippen molar-refractivity contribution in [1.82, 2.24) is 14.5 Å². The zero-order valence-electron chi connectivity index (χ0n) is 11.3. The Labute approximate surface area is 118 Å². The van der Waals surface area contributed by atoms with Gasteiger partial charge in [0.2, 0.25) is 10.0 Å². The predicted octanol–water partition coefficient (Wildman–Crippen LogP) is 0.664. The fraction of sp³-hybridized carbons (Fsp3) is 0.308. The molecule has 108 valence electrons. The van der Waals surface area contributed by atoms with Gasteiger partial charge in [-0.3, -0.25) is 4.68 Å². The second-order valence-electron chi connectivity index (χ2n) is 4.55. The first-order valence-electron chi connectivity index (χ1n) is 6.25. The van der Waals surface area contributed by atoms with E-state index < -0.39 is 10.0 Å². The molecule has 7 heteroatoms. The molecule has 0 amide bonds. The largest absolute Gasteiger partial charge is 0.398 e. The molecule has 1 aromatic heterocycles. The number of sulfonamides is 1. The Bertz CT molecular complexity index is 679. The van der Waals surface area contributed by atoms with E-state index in [0.717, 1.165) is 5.69 Å². The predicted molar refractivity (Wildman–Crippen MR) is 78.4 cm³/mol. The third-order valence-corrected chi connectivity index (χ3v) is 4.36. The van der Waals surface area contributed by atoms with Gasteiger partial charge < -0.3 is 5.73 Å². The van der Waals surface area contributed by atoms with Gasteiger partial charge in [0.1, 0.15) is 0 Å². The molecule has 0 aliphatic carbocycles. The molecule has 20 heavy (non-hydrogen) atoms. The Hall–Kier alpha value is -1.86. The van der Waals surface area contributed by atoms with Crippen LogP contribution in [-0.2, 0) is 29.2 Å². The lowest BCUT2D eigenvalue weighted by molar-refractivity contribution is 0.579. The quantitative estimate of drug-likeness (QED) is 0.766. The standard InChI is InChI=1S/C13H18N4O2S/c1-17-12(6-8-15-17)7-9-16-20(18,19)10-11-4-2-3-5-13(11)14/h2-6,8,16H,7,9-10,14H2,1H3. The molecule has 0 atom stereocenters. The maximum absolute atomic E-state index is 12.0. The van der Waals surface area contributed by atoms with E-state index >= 15 is 0 Å². The number of para-hydroxylation sites is 1. The molecule has 0 saturated heterocycles. The van der Waals surface area contributed by atoms with Gasteiger partial charge in [0.25, 0.3) is 0 Å². The zero-order valence-corrected chi connectivity index (χ0v) is 12.1. The summed E-state index contributed by atoms with van der Waals surface area (Å²) in [7, 11) is -1.55. The molecule has 2 rings (SSSR count). The van der Waals surface area contributed by atoms with Gasteiger partial charge in [0.05, 0.1) is 5.75 Å². The van der Waals surface area contributed by atoms with Crippen LogP contribution in [0, 0.1) is 0 Å². The number of nitrogen functional groups attached to an aromatic ring is 1. The Morgan fingerprint density at radius 3 is 2.70 bits per heavy atom. The number of nitrogens with one attached hydrogen (secondary N) is 1. The average Bonchev–Trinajstić information content (AvgIpc) is 2.78. The van der Waals surface area contributed by atoms with Crippen LogP contribution in [0.3, 0.4) is 0 Å². The van der Waals surface area contributed by atoms with E-state index in [2.05, 4.69) is 9.82 Å². The minimum atomic E-state index is -3.38. The Balaban J connectivity index is 1.92. The van der Waals surface area contributed by atoms with Crippen LogP contribution in [0.15, 0.2) is 36.5 Å². The highest BCUT2D eigenvalue weighted by atomic mass is 32.2.